The lowest BCUT2D eigenvalue weighted by Gasteiger charge is -2.23. The fraction of sp³-hybridized carbons (Fsp3) is 0.357. The third-order valence-electron chi connectivity index (χ3n) is 4.76. The van der Waals surface area contributed by atoms with Crippen molar-refractivity contribution in [2.24, 2.45) is 0 Å². The van der Waals surface area contributed by atoms with E-state index in [1.54, 1.807) is 11.1 Å². The number of aromatic nitrogens is 4. The van der Waals surface area contributed by atoms with Crippen molar-refractivity contribution in [2.45, 2.75) is 30.7 Å². The summed E-state index contributed by atoms with van der Waals surface area (Å²) in [4.78, 5) is 12.8. The van der Waals surface area contributed by atoms with Gasteiger partial charge in [-0.2, -0.15) is 11.3 Å². The minimum Gasteiger partial charge on any atom is -0.311 e. The number of rotatable bonds is 1. The standard InChI is InChI=1S/C14H11ClN4S/c15-13-12-14(17-5-16-13)19(6-18-12)11-2-7-1-8(11)10-4-20-3-9(7)10/h3-8,11H,1-2H2/t7-,8-,11+/m0/s1. The lowest BCUT2D eigenvalue weighted by atomic mass is 9.91. The van der Waals surface area contributed by atoms with Crippen molar-refractivity contribution in [1.29, 1.82) is 0 Å². The molecule has 0 saturated heterocycles. The fourth-order valence-electron chi connectivity index (χ4n) is 3.93. The Morgan fingerprint density at radius 1 is 1.15 bits per heavy atom. The Bertz CT molecular complexity index is 824. The van der Waals surface area contributed by atoms with Crippen LogP contribution in [0.4, 0.5) is 0 Å². The average Bonchev–Trinajstić information content (AvgIpc) is 3.19. The molecule has 3 atom stereocenters. The molecule has 2 aliphatic carbocycles. The van der Waals surface area contributed by atoms with Crippen LogP contribution in [-0.4, -0.2) is 19.5 Å². The van der Waals surface area contributed by atoms with Gasteiger partial charge in [0, 0.05) is 12.0 Å². The van der Waals surface area contributed by atoms with E-state index >= 15 is 0 Å². The molecule has 0 aromatic carbocycles. The second kappa shape index (κ2) is 3.80. The van der Waals surface area contributed by atoms with E-state index in [0.29, 0.717) is 28.5 Å². The van der Waals surface area contributed by atoms with E-state index in [1.807, 2.05) is 17.7 Å². The van der Waals surface area contributed by atoms with Gasteiger partial charge in [-0.25, -0.2) is 15.0 Å². The zero-order valence-corrected chi connectivity index (χ0v) is 12.1. The third-order valence-corrected chi connectivity index (χ3v) is 5.82. The van der Waals surface area contributed by atoms with Crippen LogP contribution in [0.15, 0.2) is 23.4 Å². The molecule has 0 amide bonds. The third kappa shape index (κ3) is 1.29. The lowest BCUT2D eigenvalue weighted by molar-refractivity contribution is 0.459. The van der Waals surface area contributed by atoms with Crippen LogP contribution in [0, 0.1) is 0 Å². The van der Waals surface area contributed by atoms with Crippen LogP contribution in [0.1, 0.15) is 41.8 Å². The molecule has 0 aliphatic heterocycles. The van der Waals surface area contributed by atoms with Crippen molar-refractivity contribution < 1.29 is 0 Å². The Hall–Kier alpha value is -1.46. The van der Waals surface area contributed by atoms with E-state index in [1.165, 1.54) is 19.2 Å². The Balaban J connectivity index is 1.66. The van der Waals surface area contributed by atoms with Gasteiger partial charge in [0.1, 0.15) is 11.8 Å². The van der Waals surface area contributed by atoms with Crippen LogP contribution >= 0.6 is 22.9 Å². The molecule has 0 N–H and O–H groups in total. The number of halogens is 1. The topological polar surface area (TPSA) is 43.6 Å². The summed E-state index contributed by atoms with van der Waals surface area (Å²) < 4.78 is 2.20. The molecule has 100 valence electrons. The largest absolute Gasteiger partial charge is 0.311 e. The van der Waals surface area contributed by atoms with Gasteiger partial charge in [0.15, 0.2) is 10.8 Å². The van der Waals surface area contributed by atoms with Gasteiger partial charge < -0.3 is 4.57 Å². The molecule has 3 aromatic rings. The molecule has 2 aliphatic rings. The van der Waals surface area contributed by atoms with Gasteiger partial charge in [-0.3, -0.25) is 0 Å². The number of nitrogens with zero attached hydrogens (tertiary/aromatic N) is 4. The van der Waals surface area contributed by atoms with Gasteiger partial charge in [-0.05, 0) is 40.6 Å². The summed E-state index contributed by atoms with van der Waals surface area (Å²) in [6.45, 7) is 0. The van der Waals surface area contributed by atoms with Crippen LogP contribution in [0.3, 0.4) is 0 Å². The lowest BCUT2D eigenvalue weighted by Crippen LogP contribution is -2.14. The van der Waals surface area contributed by atoms with Crippen molar-refractivity contribution >= 4 is 34.1 Å². The number of hydrogen-bond acceptors (Lipinski definition) is 4. The van der Waals surface area contributed by atoms with Crippen molar-refractivity contribution in [3.05, 3.63) is 39.7 Å². The summed E-state index contributed by atoms with van der Waals surface area (Å²) >= 11 is 7.92. The SMILES string of the molecule is Clc1ncnc2c1ncn2[C@@H]1C[C@@H]2C[C@H]1c1cscc12. The zero-order valence-electron chi connectivity index (χ0n) is 10.5. The molecule has 0 radical (unpaired) electrons. The summed E-state index contributed by atoms with van der Waals surface area (Å²) in [6.07, 6.45) is 5.84. The van der Waals surface area contributed by atoms with E-state index in [-0.39, 0.29) is 0 Å². The zero-order chi connectivity index (χ0) is 13.3. The maximum atomic E-state index is 6.09. The first-order valence-electron chi connectivity index (χ1n) is 6.72. The van der Waals surface area contributed by atoms with Gasteiger partial charge in [0.2, 0.25) is 0 Å². The quantitative estimate of drug-likeness (QED) is 0.643. The second-order valence-corrected chi connectivity index (χ2v) is 6.71. The van der Waals surface area contributed by atoms with Gasteiger partial charge >= 0.3 is 0 Å². The molecular weight excluding hydrogens is 292 g/mol. The van der Waals surface area contributed by atoms with Gasteiger partial charge in [-0.1, -0.05) is 11.6 Å². The summed E-state index contributed by atoms with van der Waals surface area (Å²) in [5.74, 6) is 1.31. The normalized spacial score (nSPS) is 27.4. The Labute approximate surface area is 124 Å². The van der Waals surface area contributed by atoms with E-state index in [4.69, 9.17) is 11.6 Å². The summed E-state index contributed by atoms with van der Waals surface area (Å²) in [6, 6.07) is 0.457. The summed E-state index contributed by atoms with van der Waals surface area (Å²) in [5.41, 5.74) is 4.69. The highest BCUT2D eigenvalue weighted by Crippen LogP contribution is 2.59. The molecule has 3 aromatic heterocycles. The molecule has 4 nitrogen and oxygen atoms in total. The summed E-state index contributed by atoms with van der Waals surface area (Å²) in [5, 5.41) is 5.07. The average molecular weight is 303 g/mol. The molecule has 2 bridgehead atoms. The molecule has 3 heterocycles. The van der Waals surface area contributed by atoms with E-state index < -0.39 is 0 Å². The second-order valence-electron chi connectivity index (χ2n) is 5.61. The maximum absolute atomic E-state index is 6.09. The highest BCUT2D eigenvalue weighted by molar-refractivity contribution is 7.08. The number of thiophene rings is 1. The molecule has 1 saturated carbocycles. The van der Waals surface area contributed by atoms with Crippen LogP contribution in [0.2, 0.25) is 5.15 Å². The first-order chi connectivity index (χ1) is 9.83. The van der Waals surface area contributed by atoms with Crippen LogP contribution in [0.5, 0.6) is 0 Å². The minimum atomic E-state index is 0.438. The van der Waals surface area contributed by atoms with Gasteiger partial charge in [0.25, 0.3) is 0 Å². The predicted molar refractivity (Wildman–Crippen MR) is 78.4 cm³/mol. The number of hydrogen-bond donors (Lipinski definition) is 0. The van der Waals surface area contributed by atoms with Crippen molar-refractivity contribution in [3.63, 3.8) is 0 Å². The smallest absolute Gasteiger partial charge is 0.165 e. The van der Waals surface area contributed by atoms with Crippen LogP contribution < -0.4 is 0 Å². The predicted octanol–water partition coefficient (Wildman–Crippen LogP) is 3.76. The summed E-state index contributed by atoms with van der Waals surface area (Å²) in [7, 11) is 0. The molecule has 5 rings (SSSR count). The first kappa shape index (κ1) is 11.2. The molecule has 0 unspecified atom stereocenters. The Morgan fingerprint density at radius 3 is 3.00 bits per heavy atom. The molecule has 20 heavy (non-hydrogen) atoms. The minimum absolute atomic E-state index is 0.438. The van der Waals surface area contributed by atoms with Crippen molar-refractivity contribution in [2.75, 3.05) is 0 Å². The molecular formula is C14H11ClN4S. The Morgan fingerprint density at radius 2 is 2.05 bits per heavy atom. The number of imidazole rings is 1. The van der Waals surface area contributed by atoms with E-state index in [2.05, 4.69) is 30.3 Å². The van der Waals surface area contributed by atoms with E-state index in [9.17, 15) is 0 Å². The fourth-order valence-corrected chi connectivity index (χ4v) is 5.10. The Kier molecular flexibility index (Phi) is 2.13. The van der Waals surface area contributed by atoms with Crippen LogP contribution in [-0.2, 0) is 0 Å². The molecule has 6 heteroatoms. The molecule has 1 fully saturated rings. The van der Waals surface area contributed by atoms with E-state index in [0.717, 1.165) is 5.65 Å². The van der Waals surface area contributed by atoms with Gasteiger partial charge in [-0.15, -0.1) is 0 Å². The van der Waals surface area contributed by atoms with Crippen molar-refractivity contribution in [3.8, 4) is 0 Å². The van der Waals surface area contributed by atoms with Crippen molar-refractivity contribution in [1.82, 2.24) is 19.5 Å². The van der Waals surface area contributed by atoms with Crippen LogP contribution in [0.25, 0.3) is 11.2 Å². The number of fused-ring (bicyclic) bond motifs is 6. The highest BCUT2D eigenvalue weighted by atomic mass is 35.5. The monoisotopic (exact) mass is 302 g/mol. The first-order valence-corrected chi connectivity index (χ1v) is 8.04. The van der Waals surface area contributed by atoms with Gasteiger partial charge in [0.05, 0.1) is 6.33 Å². The maximum Gasteiger partial charge on any atom is 0.165 e. The highest BCUT2D eigenvalue weighted by Gasteiger charge is 2.45. The molecule has 0 spiro atoms.